The molecule has 2 heterocycles. The summed E-state index contributed by atoms with van der Waals surface area (Å²) in [6, 6.07) is 14.6. The van der Waals surface area contributed by atoms with E-state index in [0.717, 1.165) is 36.1 Å². The number of likely N-dealkylation sites (tertiary alicyclic amines) is 1. The van der Waals surface area contributed by atoms with Gasteiger partial charge in [0, 0.05) is 24.7 Å². The van der Waals surface area contributed by atoms with E-state index in [2.05, 4.69) is 10.3 Å². The Morgan fingerprint density at radius 3 is 2.77 bits per heavy atom. The summed E-state index contributed by atoms with van der Waals surface area (Å²) in [6.45, 7) is 3.68. The maximum Gasteiger partial charge on any atom is 0.338 e. The number of piperidine rings is 1. The van der Waals surface area contributed by atoms with Crippen molar-refractivity contribution in [2.75, 3.05) is 25.0 Å². The number of rotatable bonds is 5. The molecule has 0 aliphatic carbocycles. The summed E-state index contributed by atoms with van der Waals surface area (Å²) in [7, 11) is 0. The first-order valence-electron chi connectivity index (χ1n) is 10.4. The molecule has 3 aromatic rings. The van der Waals surface area contributed by atoms with Crippen molar-refractivity contribution >= 4 is 28.7 Å². The standard InChI is InChI=1S/C23H26N4O3/c1-2-14-30-22(28)16-9-11-18(12-10-16)24-23(29)27-13-5-6-17(15-27)21-25-19-7-3-4-8-20(19)26-21/h3-4,7-12,17H,2,5-6,13-15H2,1H3,(H,24,29)(H,25,26)/t17-/m0/s1. The summed E-state index contributed by atoms with van der Waals surface area (Å²) in [4.78, 5) is 34.6. The van der Waals surface area contributed by atoms with Crippen LogP contribution in [-0.4, -0.2) is 46.6 Å². The average Bonchev–Trinajstić information content (AvgIpc) is 3.22. The maximum absolute atomic E-state index is 12.8. The molecule has 156 valence electrons. The molecule has 2 aromatic carbocycles. The van der Waals surface area contributed by atoms with Crippen molar-refractivity contribution < 1.29 is 14.3 Å². The lowest BCUT2D eigenvalue weighted by atomic mass is 9.97. The number of nitrogens with zero attached hydrogens (tertiary/aromatic N) is 2. The van der Waals surface area contributed by atoms with Gasteiger partial charge in [0.05, 0.1) is 23.2 Å². The van der Waals surface area contributed by atoms with Crippen molar-refractivity contribution in [3.63, 3.8) is 0 Å². The number of fused-ring (bicyclic) bond motifs is 1. The number of imidazole rings is 1. The first kappa shape index (κ1) is 19.9. The number of aromatic amines is 1. The number of hydrogen-bond donors (Lipinski definition) is 2. The van der Waals surface area contributed by atoms with E-state index in [-0.39, 0.29) is 17.9 Å². The van der Waals surface area contributed by atoms with Crippen LogP contribution in [0.15, 0.2) is 48.5 Å². The Kier molecular flexibility index (Phi) is 5.97. The Hall–Kier alpha value is -3.35. The highest BCUT2D eigenvalue weighted by atomic mass is 16.5. The Labute approximate surface area is 175 Å². The van der Waals surface area contributed by atoms with Crippen LogP contribution in [0.2, 0.25) is 0 Å². The maximum atomic E-state index is 12.8. The topological polar surface area (TPSA) is 87.3 Å². The van der Waals surface area contributed by atoms with Crippen molar-refractivity contribution in [1.82, 2.24) is 14.9 Å². The van der Waals surface area contributed by atoms with Gasteiger partial charge >= 0.3 is 12.0 Å². The molecule has 0 bridgehead atoms. The molecule has 1 fully saturated rings. The van der Waals surface area contributed by atoms with Crippen LogP contribution < -0.4 is 5.32 Å². The molecule has 0 saturated carbocycles. The predicted octanol–water partition coefficient (Wildman–Crippen LogP) is 4.54. The van der Waals surface area contributed by atoms with E-state index in [1.54, 1.807) is 24.3 Å². The van der Waals surface area contributed by atoms with Gasteiger partial charge in [-0.05, 0) is 55.7 Å². The molecule has 1 atom stereocenters. The zero-order chi connectivity index (χ0) is 20.9. The molecule has 30 heavy (non-hydrogen) atoms. The third-order valence-electron chi connectivity index (χ3n) is 5.31. The third kappa shape index (κ3) is 4.45. The van der Waals surface area contributed by atoms with E-state index in [9.17, 15) is 9.59 Å². The van der Waals surface area contributed by atoms with Gasteiger partial charge in [-0.25, -0.2) is 14.6 Å². The van der Waals surface area contributed by atoms with E-state index < -0.39 is 0 Å². The number of para-hydroxylation sites is 2. The largest absolute Gasteiger partial charge is 0.462 e. The monoisotopic (exact) mass is 406 g/mol. The quantitative estimate of drug-likeness (QED) is 0.609. The summed E-state index contributed by atoms with van der Waals surface area (Å²) < 4.78 is 5.13. The number of carbonyl (C=O) groups excluding carboxylic acids is 2. The normalized spacial score (nSPS) is 16.4. The van der Waals surface area contributed by atoms with Crippen LogP contribution in [0.1, 0.15) is 48.3 Å². The second-order valence-electron chi connectivity index (χ2n) is 7.57. The SMILES string of the molecule is CCCOC(=O)c1ccc(NC(=O)N2CCC[C@H](c3nc4ccccc4[nH]3)C2)cc1. The van der Waals surface area contributed by atoms with Gasteiger partial charge in [-0.1, -0.05) is 19.1 Å². The van der Waals surface area contributed by atoms with Crippen molar-refractivity contribution in [1.29, 1.82) is 0 Å². The van der Waals surface area contributed by atoms with Crippen LogP contribution >= 0.6 is 0 Å². The van der Waals surface area contributed by atoms with Gasteiger partial charge in [0.2, 0.25) is 0 Å². The van der Waals surface area contributed by atoms with Gasteiger partial charge < -0.3 is 19.9 Å². The molecule has 1 aliphatic rings. The number of hydrogen-bond acceptors (Lipinski definition) is 4. The predicted molar refractivity (Wildman–Crippen MR) is 116 cm³/mol. The minimum Gasteiger partial charge on any atom is -0.462 e. The highest BCUT2D eigenvalue weighted by molar-refractivity contribution is 5.92. The number of anilines is 1. The molecule has 0 spiro atoms. The molecular formula is C23H26N4O3. The van der Waals surface area contributed by atoms with E-state index >= 15 is 0 Å². The highest BCUT2D eigenvalue weighted by Crippen LogP contribution is 2.27. The van der Waals surface area contributed by atoms with E-state index in [1.165, 1.54) is 0 Å². The van der Waals surface area contributed by atoms with Crippen molar-refractivity contribution in [2.24, 2.45) is 0 Å². The fourth-order valence-electron chi connectivity index (χ4n) is 3.72. The van der Waals surface area contributed by atoms with Crippen LogP contribution in [0.5, 0.6) is 0 Å². The van der Waals surface area contributed by atoms with Gasteiger partial charge in [0.1, 0.15) is 5.82 Å². The number of nitrogens with one attached hydrogen (secondary N) is 2. The smallest absolute Gasteiger partial charge is 0.338 e. The number of urea groups is 1. The van der Waals surface area contributed by atoms with Crippen LogP contribution in [0.25, 0.3) is 11.0 Å². The molecule has 1 aliphatic heterocycles. The first-order chi connectivity index (χ1) is 14.6. The Bertz CT molecular complexity index is 995. The zero-order valence-corrected chi connectivity index (χ0v) is 17.1. The molecule has 1 aromatic heterocycles. The second kappa shape index (κ2) is 8.98. The number of benzene rings is 2. The minimum absolute atomic E-state index is 0.142. The van der Waals surface area contributed by atoms with Gasteiger partial charge in [0.25, 0.3) is 0 Å². The zero-order valence-electron chi connectivity index (χ0n) is 17.1. The van der Waals surface area contributed by atoms with Crippen molar-refractivity contribution in [3.05, 3.63) is 59.9 Å². The molecule has 1 saturated heterocycles. The van der Waals surface area contributed by atoms with Crippen LogP contribution in [0.3, 0.4) is 0 Å². The Balaban J connectivity index is 1.38. The molecule has 2 amide bonds. The van der Waals surface area contributed by atoms with Gasteiger partial charge in [0.15, 0.2) is 0 Å². The molecule has 0 unspecified atom stereocenters. The molecular weight excluding hydrogens is 380 g/mol. The number of esters is 1. The van der Waals surface area contributed by atoms with E-state index in [0.29, 0.717) is 30.9 Å². The van der Waals surface area contributed by atoms with Crippen LogP contribution in [0.4, 0.5) is 10.5 Å². The minimum atomic E-state index is -0.348. The fraction of sp³-hybridized carbons (Fsp3) is 0.348. The van der Waals surface area contributed by atoms with Crippen LogP contribution in [0, 0.1) is 0 Å². The summed E-state index contributed by atoms with van der Waals surface area (Å²) in [6.07, 6.45) is 2.71. The van der Waals surface area contributed by atoms with Crippen molar-refractivity contribution in [3.8, 4) is 0 Å². The number of H-pyrrole nitrogens is 1. The number of ether oxygens (including phenoxy) is 1. The molecule has 7 nitrogen and oxygen atoms in total. The number of carbonyl (C=O) groups is 2. The molecule has 0 radical (unpaired) electrons. The van der Waals surface area contributed by atoms with Crippen molar-refractivity contribution in [2.45, 2.75) is 32.1 Å². The summed E-state index contributed by atoms with van der Waals surface area (Å²) >= 11 is 0. The lowest BCUT2D eigenvalue weighted by Gasteiger charge is -2.31. The van der Waals surface area contributed by atoms with E-state index in [4.69, 9.17) is 9.72 Å². The fourth-order valence-corrected chi connectivity index (χ4v) is 3.72. The highest BCUT2D eigenvalue weighted by Gasteiger charge is 2.27. The molecule has 7 heteroatoms. The summed E-state index contributed by atoms with van der Waals surface area (Å²) in [5.74, 6) is 0.774. The van der Waals surface area contributed by atoms with Gasteiger partial charge in [-0.2, -0.15) is 0 Å². The lowest BCUT2D eigenvalue weighted by Crippen LogP contribution is -2.41. The number of amides is 2. The van der Waals surface area contributed by atoms with E-state index in [1.807, 2.05) is 36.1 Å². The summed E-state index contributed by atoms with van der Waals surface area (Å²) in [5, 5.41) is 2.92. The average molecular weight is 406 g/mol. The lowest BCUT2D eigenvalue weighted by molar-refractivity contribution is 0.0505. The first-order valence-corrected chi connectivity index (χ1v) is 10.4. The second-order valence-corrected chi connectivity index (χ2v) is 7.57. The van der Waals surface area contributed by atoms with Crippen LogP contribution in [-0.2, 0) is 4.74 Å². The number of aromatic nitrogens is 2. The van der Waals surface area contributed by atoms with Gasteiger partial charge in [-0.3, -0.25) is 0 Å². The third-order valence-corrected chi connectivity index (χ3v) is 5.31. The Morgan fingerprint density at radius 1 is 1.20 bits per heavy atom. The summed E-state index contributed by atoms with van der Waals surface area (Å²) in [5.41, 5.74) is 3.10. The van der Waals surface area contributed by atoms with Gasteiger partial charge in [-0.15, -0.1) is 0 Å². The molecule has 2 N–H and O–H groups in total. The Morgan fingerprint density at radius 2 is 2.00 bits per heavy atom. The molecule has 4 rings (SSSR count).